The van der Waals surface area contributed by atoms with Gasteiger partial charge in [0, 0.05) is 32.2 Å². The highest BCUT2D eigenvalue weighted by Gasteiger charge is 2.28. The summed E-state index contributed by atoms with van der Waals surface area (Å²) in [5, 5.41) is 0.189. The highest BCUT2D eigenvalue weighted by Crippen LogP contribution is 2.31. The summed E-state index contributed by atoms with van der Waals surface area (Å²) in [6, 6.07) is 2.57. The first-order valence-corrected chi connectivity index (χ1v) is 11.0. The second-order valence-corrected chi connectivity index (χ2v) is 9.46. The fourth-order valence-electron chi connectivity index (χ4n) is 3.41. The molecule has 1 saturated heterocycles. The Bertz CT molecular complexity index is 787. The van der Waals surface area contributed by atoms with Gasteiger partial charge >= 0.3 is 0 Å². The first kappa shape index (κ1) is 19.9. The minimum Gasteiger partial charge on any atom is -0.336 e. The summed E-state index contributed by atoms with van der Waals surface area (Å²) in [5.74, 6) is -0.267. The largest absolute Gasteiger partial charge is 0.336 e. The Labute approximate surface area is 164 Å². The summed E-state index contributed by atoms with van der Waals surface area (Å²) in [4.78, 5) is 16.6. The molecule has 1 N–H and O–H groups in total. The van der Waals surface area contributed by atoms with Gasteiger partial charge in [0.1, 0.15) is 4.90 Å². The predicted molar refractivity (Wildman–Crippen MR) is 102 cm³/mol. The van der Waals surface area contributed by atoms with Crippen molar-refractivity contribution in [2.24, 2.45) is 0 Å². The lowest BCUT2D eigenvalue weighted by Gasteiger charge is -2.32. The molecule has 0 unspecified atom stereocenters. The van der Waals surface area contributed by atoms with E-state index in [9.17, 15) is 13.2 Å². The van der Waals surface area contributed by atoms with Crippen LogP contribution in [0.15, 0.2) is 17.0 Å². The third kappa shape index (κ3) is 4.34. The molecule has 26 heavy (non-hydrogen) atoms. The van der Waals surface area contributed by atoms with Gasteiger partial charge in [-0.3, -0.25) is 4.79 Å². The molecule has 1 saturated carbocycles. The minimum atomic E-state index is -3.81. The molecule has 1 aromatic carbocycles. The number of carbonyl (C=O) groups excluding carboxylic acids is 1. The molecule has 0 bridgehead atoms. The zero-order valence-electron chi connectivity index (χ0n) is 14.7. The number of rotatable bonds is 4. The van der Waals surface area contributed by atoms with Crippen LogP contribution in [0.3, 0.4) is 0 Å². The van der Waals surface area contributed by atoms with Crippen molar-refractivity contribution < 1.29 is 13.2 Å². The van der Waals surface area contributed by atoms with Gasteiger partial charge in [0.25, 0.3) is 5.91 Å². The Morgan fingerprint density at radius 2 is 1.69 bits per heavy atom. The van der Waals surface area contributed by atoms with Crippen LogP contribution >= 0.6 is 23.2 Å². The van der Waals surface area contributed by atoms with Crippen LogP contribution in [0, 0.1) is 0 Å². The Kier molecular flexibility index (Phi) is 6.14. The van der Waals surface area contributed by atoms with Crippen molar-refractivity contribution in [1.29, 1.82) is 0 Å². The maximum absolute atomic E-state index is 12.8. The normalized spacial score (nSPS) is 19.9. The number of piperazine rings is 1. The quantitative estimate of drug-likeness (QED) is 0.813. The van der Waals surface area contributed by atoms with Crippen molar-refractivity contribution in [3.8, 4) is 0 Å². The molecule has 2 fully saturated rings. The van der Waals surface area contributed by atoms with Crippen molar-refractivity contribution in [3.05, 3.63) is 27.7 Å². The molecule has 1 aliphatic heterocycles. The van der Waals surface area contributed by atoms with Gasteiger partial charge in [-0.1, -0.05) is 36.0 Å². The van der Waals surface area contributed by atoms with Gasteiger partial charge in [-0.15, -0.1) is 0 Å². The van der Waals surface area contributed by atoms with E-state index in [1.807, 2.05) is 7.05 Å². The van der Waals surface area contributed by atoms with E-state index < -0.39 is 10.0 Å². The first-order chi connectivity index (χ1) is 12.3. The number of halogens is 2. The lowest BCUT2D eigenvalue weighted by molar-refractivity contribution is 0.0664. The molecule has 1 amide bonds. The Balaban J connectivity index is 1.88. The SMILES string of the molecule is CN1CCN(C(=O)c2cc(S(=O)(=O)NC3CCCC3)c(Cl)cc2Cl)CC1. The van der Waals surface area contributed by atoms with Crippen LogP contribution in [0.1, 0.15) is 36.0 Å². The molecule has 2 aliphatic rings. The smallest absolute Gasteiger partial charge is 0.255 e. The number of hydrogen-bond donors (Lipinski definition) is 1. The fraction of sp³-hybridized carbons (Fsp3) is 0.588. The molecule has 9 heteroatoms. The average Bonchev–Trinajstić information content (AvgIpc) is 3.07. The van der Waals surface area contributed by atoms with Crippen LogP contribution in [0.4, 0.5) is 0 Å². The van der Waals surface area contributed by atoms with Crippen molar-refractivity contribution in [2.45, 2.75) is 36.6 Å². The van der Waals surface area contributed by atoms with E-state index in [2.05, 4.69) is 9.62 Å². The van der Waals surface area contributed by atoms with Gasteiger partial charge < -0.3 is 9.80 Å². The topological polar surface area (TPSA) is 69.7 Å². The Hall–Kier alpha value is -0.860. The summed E-state index contributed by atoms with van der Waals surface area (Å²) in [6.07, 6.45) is 3.65. The summed E-state index contributed by atoms with van der Waals surface area (Å²) in [6.45, 7) is 2.70. The van der Waals surface area contributed by atoms with E-state index in [0.717, 1.165) is 38.8 Å². The maximum atomic E-state index is 12.8. The lowest BCUT2D eigenvalue weighted by Crippen LogP contribution is -2.47. The van der Waals surface area contributed by atoms with E-state index in [1.165, 1.54) is 12.1 Å². The highest BCUT2D eigenvalue weighted by molar-refractivity contribution is 7.89. The van der Waals surface area contributed by atoms with Crippen molar-refractivity contribution in [3.63, 3.8) is 0 Å². The third-order valence-electron chi connectivity index (χ3n) is 5.01. The summed E-state index contributed by atoms with van der Waals surface area (Å²) in [7, 11) is -1.81. The van der Waals surface area contributed by atoms with Gasteiger partial charge in [-0.2, -0.15) is 0 Å². The molecule has 0 radical (unpaired) electrons. The number of carbonyl (C=O) groups is 1. The molecule has 3 rings (SSSR count). The van der Waals surface area contributed by atoms with Gasteiger partial charge in [0.15, 0.2) is 0 Å². The molecule has 144 valence electrons. The lowest BCUT2D eigenvalue weighted by atomic mass is 10.2. The Morgan fingerprint density at radius 1 is 1.08 bits per heavy atom. The molecular weight excluding hydrogens is 397 g/mol. The van der Waals surface area contributed by atoms with Crippen LogP contribution < -0.4 is 4.72 Å². The monoisotopic (exact) mass is 419 g/mol. The molecule has 1 aromatic rings. The number of likely N-dealkylation sites (N-methyl/N-ethyl adjacent to an activating group) is 1. The minimum absolute atomic E-state index is 0.0235. The van der Waals surface area contributed by atoms with Crippen molar-refractivity contribution in [1.82, 2.24) is 14.5 Å². The number of hydrogen-bond acceptors (Lipinski definition) is 4. The zero-order chi connectivity index (χ0) is 18.9. The Morgan fingerprint density at radius 3 is 2.31 bits per heavy atom. The highest BCUT2D eigenvalue weighted by atomic mass is 35.5. The zero-order valence-corrected chi connectivity index (χ0v) is 17.0. The van der Waals surface area contributed by atoms with Gasteiger partial charge in [0.05, 0.1) is 15.6 Å². The predicted octanol–water partition coefficient (Wildman–Crippen LogP) is 2.60. The molecule has 0 spiro atoms. The molecule has 0 aromatic heterocycles. The standard InChI is InChI=1S/C17H23Cl2N3O3S/c1-21-6-8-22(9-7-21)17(23)13-10-16(15(19)11-14(13)18)26(24,25)20-12-4-2-3-5-12/h10-12,20H,2-9H2,1H3. The molecule has 0 atom stereocenters. The molecular formula is C17H23Cl2N3O3S. The van der Waals surface area contributed by atoms with Gasteiger partial charge in [-0.25, -0.2) is 13.1 Å². The van der Waals surface area contributed by atoms with Crippen LogP contribution in [0.5, 0.6) is 0 Å². The van der Waals surface area contributed by atoms with E-state index >= 15 is 0 Å². The summed E-state index contributed by atoms with van der Waals surface area (Å²) >= 11 is 12.4. The van der Waals surface area contributed by atoms with E-state index in [4.69, 9.17) is 23.2 Å². The van der Waals surface area contributed by atoms with Crippen LogP contribution in [-0.4, -0.2) is 63.4 Å². The third-order valence-corrected chi connectivity index (χ3v) is 7.31. The maximum Gasteiger partial charge on any atom is 0.255 e. The molecule has 1 aliphatic carbocycles. The number of sulfonamides is 1. The molecule has 1 heterocycles. The summed E-state index contributed by atoms with van der Waals surface area (Å²) < 4.78 is 28.2. The second-order valence-electron chi connectivity index (χ2n) is 6.96. The van der Waals surface area contributed by atoms with Crippen LogP contribution in [0.2, 0.25) is 10.0 Å². The van der Waals surface area contributed by atoms with Crippen molar-refractivity contribution in [2.75, 3.05) is 33.2 Å². The average molecular weight is 420 g/mol. The van der Waals surface area contributed by atoms with Crippen LogP contribution in [0.25, 0.3) is 0 Å². The van der Waals surface area contributed by atoms with E-state index in [-0.39, 0.29) is 32.5 Å². The van der Waals surface area contributed by atoms with Crippen molar-refractivity contribution >= 4 is 39.1 Å². The van der Waals surface area contributed by atoms with E-state index in [0.29, 0.717) is 13.1 Å². The number of nitrogens with one attached hydrogen (secondary N) is 1. The number of amides is 1. The fourth-order valence-corrected chi connectivity index (χ4v) is 5.56. The molecule has 6 nitrogen and oxygen atoms in total. The number of nitrogens with zero attached hydrogens (tertiary/aromatic N) is 2. The first-order valence-electron chi connectivity index (χ1n) is 8.77. The van der Waals surface area contributed by atoms with Crippen LogP contribution in [-0.2, 0) is 10.0 Å². The number of benzene rings is 1. The van der Waals surface area contributed by atoms with Gasteiger partial charge in [-0.05, 0) is 32.0 Å². The van der Waals surface area contributed by atoms with Gasteiger partial charge in [0.2, 0.25) is 10.0 Å². The summed E-state index contributed by atoms with van der Waals surface area (Å²) in [5.41, 5.74) is 0.174. The second kappa shape index (κ2) is 8.02. The van der Waals surface area contributed by atoms with E-state index in [1.54, 1.807) is 4.90 Å².